The molecule has 0 aliphatic heterocycles. The molecule has 0 aromatic heterocycles. The molecular formula is C16H20O2S. The summed E-state index contributed by atoms with van der Waals surface area (Å²) in [6, 6.07) is 8.26. The van der Waals surface area contributed by atoms with E-state index in [1.54, 1.807) is 0 Å². The Hall–Kier alpha value is -1.22. The van der Waals surface area contributed by atoms with Crippen LogP contribution >= 0.6 is 11.8 Å². The maximum absolute atomic E-state index is 12.1. The van der Waals surface area contributed by atoms with Crippen molar-refractivity contribution >= 4 is 17.5 Å². The van der Waals surface area contributed by atoms with Crippen LogP contribution < -0.4 is 0 Å². The summed E-state index contributed by atoms with van der Waals surface area (Å²) in [4.78, 5) is 12.6. The fraction of sp³-hybridized carbons (Fsp3) is 0.438. The van der Waals surface area contributed by atoms with E-state index in [1.165, 1.54) is 22.9 Å². The van der Waals surface area contributed by atoms with Crippen LogP contribution in [0.2, 0.25) is 0 Å². The first kappa shape index (κ1) is 14.2. The molecule has 1 aliphatic rings. The van der Waals surface area contributed by atoms with Crippen LogP contribution in [0, 0.1) is 12.3 Å². The third-order valence-corrected chi connectivity index (χ3v) is 4.53. The Kier molecular flexibility index (Phi) is 4.04. The molecule has 3 heteroatoms. The number of hydrogen-bond donors (Lipinski definition) is 1. The lowest BCUT2D eigenvalue weighted by atomic mass is 9.79. The third-order valence-electron chi connectivity index (χ3n) is 3.30. The lowest BCUT2D eigenvalue weighted by Gasteiger charge is -2.29. The summed E-state index contributed by atoms with van der Waals surface area (Å²) in [6.07, 6.45) is 1.11. The van der Waals surface area contributed by atoms with Crippen molar-refractivity contribution in [2.75, 3.05) is 0 Å². The number of aliphatic hydroxyl groups is 1. The number of thioether (sulfide) groups is 1. The van der Waals surface area contributed by atoms with Gasteiger partial charge in [-0.3, -0.25) is 4.79 Å². The number of aryl methyl sites for hydroxylation is 1. The Bertz CT molecular complexity index is 512. The van der Waals surface area contributed by atoms with Gasteiger partial charge in [-0.05, 0) is 17.9 Å². The van der Waals surface area contributed by atoms with Crippen molar-refractivity contribution in [2.45, 2.75) is 39.4 Å². The van der Waals surface area contributed by atoms with Crippen molar-refractivity contribution < 1.29 is 9.90 Å². The first-order valence-electron chi connectivity index (χ1n) is 6.51. The van der Waals surface area contributed by atoms with E-state index >= 15 is 0 Å². The number of ketones is 1. The Labute approximate surface area is 118 Å². The molecule has 1 aromatic rings. The van der Waals surface area contributed by atoms with Gasteiger partial charge in [0, 0.05) is 18.6 Å². The van der Waals surface area contributed by atoms with Crippen molar-refractivity contribution in [1.82, 2.24) is 0 Å². The van der Waals surface area contributed by atoms with Crippen LogP contribution in [0.1, 0.15) is 37.8 Å². The lowest BCUT2D eigenvalue weighted by molar-refractivity contribution is -0.117. The third kappa shape index (κ3) is 3.63. The van der Waals surface area contributed by atoms with Gasteiger partial charge in [0.15, 0.2) is 5.78 Å². The van der Waals surface area contributed by atoms with Crippen LogP contribution in [0.5, 0.6) is 0 Å². The van der Waals surface area contributed by atoms with E-state index in [1.807, 2.05) is 13.8 Å². The molecule has 2 nitrogen and oxygen atoms in total. The second-order valence-corrected chi connectivity index (χ2v) is 6.98. The van der Waals surface area contributed by atoms with Gasteiger partial charge in [-0.25, -0.2) is 0 Å². The standard InChI is InChI=1S/C16H20O2S/c1-11-4-6-12(7-5-11)10-19-15-13(17)8-16(2,3)9-14(15)18/h4-7,17H,8-10H2,1-3H3. The predicted octanol–water partition coefficient (Wildman–Crippen LogP) is 4.39. The number of rotatable bonds is 3. The van der Waals surface area contributed by atoms with Gasteiger partial charge >= 0.3 is 0 Å². The van der Waals surface area contributed by atoms with E-state index in [0.29, 0.717) is 17.7 Å². The maximum Gasteiger partial charge on any atom is 0.173 e. The van der Waals surface area contributed by atoms with E-state index in [4.69, 9.17) is 0 Å². The molecule has 0 spiro atoms. The Morgan fingerprint density at radius 3 is 2.42 bits per heavy atom. The largest absolute Gasteiger partial charge is 0.511 e. The molecule has 0 fully saturated rings. The Balaban J connectivity index is 2.06. The zero-order valence-corrected chi connectivity index (χ0v) is 12.5. The molecule has 0 radical (unpaired) electrons. The predicted molar refractivity (Wildman–Crippen MR) is 80.2 cm³/mol. The summed E-state index contributed by atoms with van der Waals surface area (Å²) in [7, 11) is 0. The molecule has 1 aliphatic carbocycles. The second kappa shape index (κ2) is 5.41. The second-order valence-electron chi connectivity index (χ2n) is 5.99. The number of allylic oxidation sites excluding steroid dienone is 2. The van der Waals surface area contributed by atoms with Crippen molar-refractivity contribution in [1.29, 1.82) is 0 Å². The van der Waals surface area contributed by atoms with E-state index in [2.05, 4.69) is 31.2 Å². The molecule has 19 heavy (non-hydrogen) atoms. The quantitative estimate of drug-likeness (QED) is 0.889. The smallest absolute Gasteiger partial charge is 0.173 e. The van der Waals surface area contributed by atoms with Gasteiger partial charge in [0.1, 0.15) is 5.76 Å². The van der Waals surface area contributed by atoms with Crippen LogP contribution in [0.4, 0.5) is 0 Å². The average Bonchev–Trinajstić information content (AvgIpc) is 2.29. The molecule has 0 bridgehead atoms. The minimum atomic E-state index is -0.116. The van der Waals surface area contributed by atoms with E-state index in [0.717, 1.165) is 5.75 Å². The first-order valence-corrected chi connectivity index (χ1v) is 7.50. The van der Waals surface area contributed by atoms with Crippen molar-refractivity contribution in [3.05, 3.63) is 46.1 Å². The molecule has 0 saturated carbocycles. The minimum absolute atomic E-state index is 0.0749. The van der Waals surface area contributed by atoms with Crippen LogP contribution in [0.25, 0.3) is 0 Å². The molecule has 1 N–H and O–H groups in total. The summed E-state index contributed by atoms with van der Waals surface area (Å²) in [6.45, 7) is 6.09. The van der Waals surface area contributed by atoms with E-state index < -0.39 is 0 Å². The van der Waals surface area contributed by atoms with Crippen molar-refractivity contribution in [2.24, 2.45) is 5.41 Å². The van der Waals surface area contributed by atoms with E-state index in [-0.39, 0.29) is 17.0 Å². The normalized spacial score (nSPS) is 18.8. The fourth-order valence-corrected chi connectivity index (χ4v) is 3.25. The molecule has 0 atom stereocenters. The number of hydrogen-bond acceptors (Lipinski definition) is 3. The van der Waals surface area contributed by atoms with Gasteiger partial charge in [0.05, 0.1) is 4.91 Å². The summed E-state index contributed by atoms with van der Waals surface area (Å²) < 4.78 is 0. The molecule has 102 valence electrons. The molecule has 2 rings (SSSR count). The van der Waals surface area contributed by atoms with Crippen LogP contribution in [-0.4, -0.2) is 10.9 Å². The first-order chi connectivity index (χ1) is 8.87. The Morgan fingerprint density at radius 1 is 1.21 bits per heavy atom. The van der Waals surface area contributed by atoms with Gasteiger partial charge < -0.3 is 5.11 Å². The summed E-state index contributed by atoms with van der Waals surface area (Å²) in [5.41, 5.74) is 2.29. The zero-order chi connectivity index (χ0) is 14.0. The average molecular weight is 276 g/mol. The number of aliphatic hydroxyl groups excluding tert-OH is 1. The van der Waals surface area contributed by atoms with Gasteiger partial charge in [-0.2, -0.15) is 0 Å². The van der Waals surface area contributed by atoms with Gasteiger partial charge in [0.2, 0.25) is 0 Å². The molecular weight excluding hydrogens is 256 g/mol. The van der Waals surface area contributed by atoms with Gasteiger partial charge in [0.25, 0.3) is 0 Å². The molecule has 0 unspecified atom stereocenters. The summed E-state index contributed by atoms with van der Waals surface area (Å²) in [5, 5.41) is 10.0. The van der Waals surface area contributed by atoms with Crippen molar-refractivity contribution in [3.63, 3.8) is 0 Å². The lowest BCUT2D eigenvalue weighted by Crippen LogP contribution is -2.24. The molecule has 0 saturated heterocycles. The van der Waals surface area contributed by atoms with Crippen molar-refractivity contribution in [3.8, 4) is 0 Å². The SMILES string of the molecule is Cc1ccc(CSC2=C(O)CC(C)(C)CC2=O)cc1. The van der Waals surface area contributed by atoms with Crippen LogP contribution in [-0.2, 0) is 10.5 Å². The highest BCUT2D eigenvalue weighted by atomic mass is 32.2. The van der Waals surface area contributed by atoms with E-state index in [9.17, 15) is 9.90 Å². The molecule has 0 amide bonds. The summed E-state index contributed by atoms with van der Waals surface area (Å²) >= 11 is 1.45. The monoisotopic (exact) mass is 276 g/mol. The topological polar surface area (TPSA) is 37.3 Å². The number of benzene rings is 1. The van der Waals surface area contributed by atoms with Crippen LogP contribution in [0.3, 0.4) is 0 Å². The fourth-order valence-electron chi connectivity index (χ4n) is 2.28. The van der Waals surface area contributed by atoms with Crippen LogP contribution in [0.15, 0.2) is 34.9 Å². The highest BCUT2D eigenvalue weighted by molar-refractivity contribution is 8.03. The Morgan fingerprint density at radius 2 is 1.84 bits per heavy atom. The highest BCUT2D eigenvalue weighted by Gasteiger charge is 2.33. The summed E-state index contributed by atoms with van der Waals surface area (Å²) in [5.74, 6) is 1.07. The number of carbonyl (C=O) groups excluding carboxylic acids is 1. The number of carbonyl (C=O) groups is 1. The number of Topliss-reactive ketones (excluding diaryl/α,β-unsaturated/α-hetero) is 1. The zero-order valence-electron chi connectivity index (χ0n) is 11.7. The molecule has 0 heterocycles. The molecule has 1 aromatic carbocycles. The maximum atomic E-state index is 12.1. The van der Waals surface area contributed by atoms with Gasteiger partial charge in [-0.1, -0.05) is 43.7 Å². The van der Waals surface area contributed by atoms with Gasteiger partial charge in [-0.15, -0.1) is 11.8 Å². The highest BCUT2D eigenvalue weighted by Crippen LogP contribution is 2.40. The minimum Gasteiger partial charge on any atom is -0.511 e.